The summed E-state index contributed by atoms with van der Waals surface area (Å²) in [4.78, 5) is 0. The van der Waals surface area contributed by atoms with Crippen LogP contribution in [0.15, 0.2) is 0 Å². The predicted molar refractivity (Wildman–Crippen MR) is 28.2 cm³/mol. The molecule has 0 N–H and O–H groups in total. The molecule has 0 aromatic heterocycles. The van der Waals surface area contributed by atoms with Crippen molar-refractivity contribution < 1.29 is 9.41 Å². The van der Waals surface area contributed by atoms with Crippen molar-refractivity contribution in [2.45, 2.75) is 11.6 Å². The summed E-state index contributed by atoms with van der Waals surface area (Å²) in [5.74, 6) is 3.99. The molecular formula is C2H6BrCuS. The van der Waals surface area contributed by atoms with Crippen LogP contribution in [0.4, 0.5) is 0 Å². The van der Waals surface area contributed by atoms with Crippen LogP contribution in [-0.2, 0) is 9.41 Å². The Kier molecular flexibility index (Phi) is 2.22. The molecule has 0 rings (SSSR count). The van der Waals surface area contributed by atoms with E-state index in [2.05, 4.69) is 14.1 Å². The third-order valence-electron chi connectivity index (χ3n) is 0. The van der Waals surface area contributed by atoms with Crippen LogP contribution in [0.5, 0.6) is 0 Å². The molecule has 0 nitrogen and oxygen atoms in total. The van der Waals surface area contributed by atoms with Crippen molar-refractivity contribution in [1.82, 2.24) is 0 Å². The van der Waals surface area contributed by atoms with E-state index in [4.69, 9.17) is 10.6 Å². The summed E-state index contributed by atoms with van der Waals surface area (Å²) in [6, 6.07) is 0. The van der Waals surface area contributed by atoms with Gasteiger partial charge in [-0.2, -0.15) is 0 Å². The summed E-state index contributed by atoms with van der Waals surface area (Å²) in [5.41, 5.74) is 0. The van der Waals surface area contributed by atoms with Crippen LogP contribution in [0.3, 0.4) is 0 Å². The van der Waals surface area contributed by atoms with Gasteiger partial charge in [-0.25, -0.2) is 0 Å². The molecule has 0 aromatic carbocycles. The van der Waals surface area contributed by atoms with Gasteiger partial charge < -0.3 is 0 Å². The molecule has 0 saturated heterocycles. The Morgan fingerprint density at radius 3 is 1.60 bits per heavy atom. The van der Waals surface area contributed by atoms with E-state index in [9.17, 15) is 0 Å². The van der Waals surface area contributed by atoms with Gasteiger partial charge in [0.05, 0.1) is 0 Å². The van der Waals surface area contributed by atoms with E-state index >= 15 is 0 Å². The van der Waals surface area contributed by atoms with Gasteiger partial charge in [0.1, 0.15) is 0 Å². The van der Waals surface area contributed by atoms with E-state index in [-0.39, 0.29) is 0 Å². The Morgan fingerprint density at radius 2 is 1.60 bits per heavy atom. The van der Waals surface area contributed by atoms with Crippen LogP contribution in [0, 0.1) is 0 Å². The molecule has 0 amide bonds. The molecule has 0 saturated carbocycles. The number of hydrogen-bond acceptors (Lipinski definition) is 1. The zero-order chi connectivity index (χ0) is 4.50. The van der Waals surface area contributed by atoms with Crippen molar-refractivity contribution in [3.8, 4) is 0 Å². The molecule has 0 bridgehead atoms. The van der Waals surface area contributed by atoms with E-state index < -0.39 is 9.41 Å². The third kappa shape index (κ3) is 36.4. The summed E-state index contributed by atoms with van der Waals surface area (Å²) in [6.45, 7) is 0. The predicted octanol–water partition coefficient (Wildman–Crippen LogP) is 2.66. The van der Waals surface area contributed by atoms with Crippen molar-refractivity contribution in [3.63, 3.8) is 0 Å². The number of halogens is 1. The minimum atomic E-state index is -0.729. The zero-order valence-electron chi connectivity index (χ0n) is 3.09. The fourth-order valence-corrected chi connectivity index (χ4v) is 0. The molecule has 38 valence electrons. The van der Waals surface area contributed by atoms with Gasteiger partial charge in [0.15, 0.2) is 0 Å². The zero-order valence-corrected chi connectivity index (χ0v) is 6.43. The molecule has 5 heavy (non-hydrogen) atoms. The normalized spacial score (nSPS) is 15.0. The monoisotopic (exact) mass is 204 g/mol. The second kappa shape index (κ2) is 1.78. The molecule has 0 radical (unpaired) electrons. The summed E-state index contributed by atoms with van der Waals surface area (Å²) in [6.07, 6.45) is 0. The summed E-state index contributed by atoms with van der Waals surface area (Å²) < 4.78 is 0. The fourth-order valence-electron chi connectivity index (χ4n) is 0. The van der Waals surface area contributed by atoms with Crippen LogP contribution < -0.4 is 0 Å². The average molecular weight is 206 g/mol. The van der Waals surface area contributed by atoms with Crippen LogP contribution in [0.25, 0.3) is 0 Å². The van der Waals surface area contributed by atoms with Gasteiger partial charge in [-0.15, -0.1) is 0 Å². The second-order valence-electron chi connectivity index (χ2n) is 0.822. The molecule has 0 atom stereocenters. The van der Waals surface area contributed by atoms with Crippen LogP contribution in [0.1, 0.15) is 0 Å². The van der Waals surface area contributed by atoms with E-state index in [1.165, 1.54) is 0 Å². The first-order valence-corrected chi connectivity index (χ1v) is 6.45. The summed E-state index contributed by atoms with van der Waals surface area (Å²) in [5, 5.41) is 0. The maximum absolute atomic E-state index is 4.82. The Hall–Kier alpha value is 1.22. The van der Waals surface area contributed by atoms with E-state index in [1.54, 1.807) is 0 Å². The quantitative estimate of drug-likeness (QED) is 0.548. The van der Waals surface area contributed by atoms with Gasteiger partial charge in [0.2, 0.25) is 0 Å². The van der Waals surface area contributed by atoms with E-state index in [0.29, 0.717) is 0 Å². The Balaban J connectivity index is 3.47. The first-order chi connectivity index (χ1) is 2.00. The fraction of sp³-hybridized carbons (Fsp3) is 1.00. The van der Waals surface area contributed by atoms with Gasteiger partial charge in [-0.1, -0.05) is 0 Å². The Bertz CT molecular complexity index is 55.8. The number of rotatable bonds is 0. The van der Waals surface area contributed by atoms with Gasteiger partial charge in [-0.05, 0) is 0 Å². The van der Waals surface area contributed by atoms with Crippen LogP contribution in [-0.4, -0.2) is 0 Å². The van der Waals surface area contributed by atoms with Crippen molar-refractivity contribution in [2.75, 3.05) is 0 Å². The summed E-state index contributed by atoms with van der Waals surface area (Å²) >= 11 is 3.27. The van der Waals surface area contributed by atoms with Crippen molar-refractivity contribution in [3.05, 3.63) is 0 Å². The SMILES string of the molecule is [CH3][Cu]([CH3])(=[S])[Br]. The second-order valence-corrected chi connectivity index (χ2v) is 12.2. The Morgan fingerprint density at radius 1 is 1.60 bits per heavy atom. The topological polar surface area (TPSA) is 0 Å². The first-order valence-electron chi connectivity index (χ1n) is 0.840. The molecule has 0 aliphatic rings. The van der Waals surface area contributed by atoms with Gasteiger partial charge in [0.25, 0.3) is 0 Å². The molecule has 0 aliphatic carbocycles. The van der Waals surface area contributed by atoms with Crippen molar-refractivity contribution in [1.29, 1.82) is 0 Å². The first kappa shape index (κ1) is 6.22. The molecule has 0 aromatic rings. The molecule has 0 spiro atoms. The molecule has 0 fully saturated rings. The third-order valence-corrected chi connectivity index (χ3v) is 0. The number of hydrogen-bond donors (Lipinski definition) is 0. The molecular weight excluding hydrogens is 200 g/mol. The van der Waals surface area contributed by atoms with E-state index in [1.807, 2.05) is 11.6 Å². The van der Waals surface area contributed by atoms with Gasteiger partial charge >= 0.3 is 45.7 Å². The van der Waals surface area contributed by atoms with Crippen molar-refractivity contribution >= 4 is 24.7 Å². The van der Waals surface area contributed by atoms with Crippen LogP contribution in [0.2, 0.25) is 11.6 Å². The average Bonchev–Trinajstić information content (AvgIpc) is 0.722. The van der Waals surface area contributed by atoms with E-state index in [0.717, 1.165) is 0 Å². The van der Waals surface area contributed by atoms with Gasteiger partial charge in [-0.3, -0.25) is 0 Å². The molecule has 0 aliphatic heterocycles. The van der Waals surface area contributed by atoms with Crippen molar-refractivity contribution in [2.24, 2.45) is 0 Å². The standard InChI is InChI=1S/2CH3.BrH.Cu.S/h2*1H3;1H;;/q;;;+1;/p-1. The molecule has 3 heteroatoms. The van der Waals surface area contributed by atoms with Gasteiger partial charge in [0, 0.05) is 0 Å². The Labute approximate surface area is 45.7 Å². The minimum absolute atomic E-state index is 0.729. The molecule has 0 heterocycles. The molecule has 0 unspecified atom stereocenters. The summed E-state index contributed by atoms with van der Waals surface area (Å²) in [7, 11) is 4.09. The maximum atomic E-state index is 4.82. The van der Waals surface area contributed by atoms with Crippen LogP contribution >= 0.6 is 24.7 Å².